The van der Waals surface area contributed by atoms with Gasteiger partial charge < -0.3 is 19.7 Å². The molecule has 1 aliphatic rings. The maximum atomic E-state index is 9.06. The van der Waals surface area contributed by atoms with Crippen LogP contribution in [0.5, 0.6) is 0 Å². The van der Waals surface area contributed by atoms with Crippen molar-refractivity contribution in [2.24, 2.45) is 0 Å². The largest absolute Gasteiger partial charge is 0.394 e. The Morgan fingerprint density at radius 3 is 1.43 bits per heavy atom. The van der Waals surface area contributed by atoms with Gasteiger partial charge in [0, 0.05) is 0 Å². The van der Waals surface area contributed by atoms with Gasteiger partial charge in [0.2, 0.25) is 0 Å². The SMILES string of the molecule is OCCOCCc1cccc(C2(c3cccc(CCOCCO)c3)c3ccccc3-c3ccccc32)c1. The van der Waals surface area contributed by atoms with Gasteiger partial charge in [-0.15, -0.1) is 0 Å². The predicted octanol–water partition coefficient (Wildman–Crippen LogP) is 5.15. The highest BCUT2D eigenvalue weighted by Crippen LogP contribution is 2.56. The summed E-state index contributed by atoms with van der Waals surface area (Å²) in [5, 5.41) is 18.1. The van der Waals surface area contributed by atoms with Gasteiger partial charge in [0.15, 0.2) is 0 Å². The quantitative estimate of drug-likeness (QED) is 0.236. The lowest BCUT2D eigenvalue weighted by Gasteiger charge is -2.34. The zero-order chi connectivity index (χ0) is 25.5. The van der Waals surface area contributed by atoms with Crippen molar-refractivity contribution in [3.63, 3.8) is 0 Å². The normalized spacial score (nSPS) is 13.4. The Bertz CT molecular complexity index is 1230. The number of hydrogen-bond donors (Lipinski definition) is 2. The van der Waals surface area contributed by atoms with E-state index >= 15 is 0 Å². The van der Waals surface area contributed by atoms with Crippen molar-refractivity contribution in [1.82, 2.24) is 0 Å². The first kappa shape index (κ1) is 25.4. The summed E-state index contributed by atoms with van der Waals surface area (Å²) in [5.41, 5.74) is 9.57. The van der Waals surface area contributed by atoms with Crippen LogP contribution in [0.2, 0.25) is 0 Å². The molecule has 2 N–H and O–H groups in total. The molecule has 4 aromatic rings. The van der Waals surface area contributed by atoms with Crippen LogP contribution in [0.1, 0.15) is 33.4 Å². The van der Waals surface area contributed by atoms with Crippen LogP contribution in [-0.2, 0) is 27.7 Å². The number of benzene rings is 4. The van der Waals surface area contributed by atoms with Crippen LogP contribution in [0, 0.1) is 0 Å². The molecule has 0 fully saturated rings. The molecule has 1 aliphatic carbocycles. The van der Waals surface area contributed by atoms with E-state index in [1.807, 2.05) is 0 Å². The Morgan fingerprint density at radius 2 is 0.973 bits per heavy atom. The third-order valence-electron chi connectivity index (χ3n) is 7.21. The van der Waals surface area contributed by atoms with E-state index in [1.54, 1.807) is 0 Å². The summed E-state index contributed by atoms with van der Waals surface area (Å²) in [6.45, 7) is 1.95. The Hall–Kier alpha value is -3.28. The number of fused-ring (bicyclic) bond motifs is 3. The van der Waals surface area contributed by atoms with Crippen LogP contribution < -0.4 is 0 Å². The van der Waals surface area contributed by atoms with E-state index < -0.39 is 5.41 Å². The van der Waals surface area contributed by atoms with Crippen molar-refractivity contribution >= 4 is 0 Å². The minimum Gasteiger partial charge on any atom is -0.394 e. The Kier molecular flexibility index (Phi) is 8.12. The van der Waals surface area contributed by atoms with Gasteiger partial charge in [-0.1, -0.05) is 97.1 Å². The summed E-state index contributed by atoms with van der Waals surface area (Å²) in [6, 6.07) is 35.2. The molecule has 0 aromatic heterocycles. The van der Waals surface area contributed by atoms with E-state index in [1.165, 1.54) is 44.5 Å². The first-order chi connectivity index (χ1) is 18.3. The fourth-order valence-electron chi connectivity index (χ4n) is 5.66. The number of hydrogen-bond acceptors (Lipinski definition) is 4. The van der Waals surface area contributed by atoms with Gasteiger partial charge in [-0.3, -0.25) is 0 Å². The molecule has 0 aliphatic heterocycles. The van der Waals surface area contributed by atoms with Crippen molar-refractivity contribution in [1.29, 1.82) is 0 Å². The zero-order valence-corrected chi connectivity index (χ0v) is 21.1. The summed E-state index contributed by atoms with van der Waals surface area (Å²) in [5.74, 6) is 0. The summed E-state index contributed by atoms with van der Waals surface area (Å²) >= 11 is 0. The molecule has 0 unspecified atom stereocenters. The van der Waals surface area contributed by atoms with E-state index in [0.29, 0.717) is 26.4 Å². The van der Waals surface area contributed by atoms with E-state index in [9.17, 15) is 0 Å². The molecule has 0 saturated carbocycles. The second-order valence-electron chi connectivity index (χ2n) is 9.41. The number of aliphatic hydroxyl groups excluding tert-OH is 2. The molecular weight excluding hydrogens is 460 g/mol. The van der Waals surface area contributed by atoms with Gasteiger partial charge >= 0.3 is 0 Å². The fourth-order valence-corrected chi connectivity index (χ4v) is 5.66. The van der Waals surface area contributed by atoms with Crippen LogP contribution in [0.15, 0.2) is 97.1 Å². The molecule has 0 atom stereocenters. The zero-order valence-electron chi connectivity index (χ0n) is 21.1. The van der Waals surface area contributed by atoms with Crippen molar-refractivity contribution in [2.45, 2.75) is 18.3 Å². The van der Waals surface area contributed by atoms with E-state index in [4.69, 9.17) is 19.7 Å². The fraction of sp³-hybridized carbons (Fsp3) is 0.273. The van der Waals surface area contributed by atoms with Gasteiger partial charge in [-0.2, -0.15) is 0 Å². The Labute approximate surface area is 219 Å². The van der Waals surface area contributed by atoms with Gasteiger partial charge in [0.1, 0.15) is 0 Å². The first-order valence-corrected chi connectivity index (χ1v) is 13.0. The van der Waals surface area contributed by atoms with Crippen LogP contribution in [0.4, 0.5) is 0 Å². The molecule has 4 heteroatoms. The molecule has 190 valence electrons. The topological polar surface area (TPSA) is 58.9 Å². The molecule has 0 spiro atoms. The summed E-state index contributed by atoms with van der Waals surface area (Å²) in [7, 11) is 0. The molecule has 5 rings (SSSR count). The van der Waals surface area contributed by atoms with Crippen LogP contribution in [-0.4, -0.2) is 49.9 Å². The molecular formula is C33H34O4. The maximum absolute atomic E-state index is 9.06. The summed E-state index contributed by atoms with van der Waals surface area (Å²) in [6.07, 6.45) is 1.57. The third-order valence-corrected chi connectivity index (χ3v) is 7.21. The van der Waals surface area contributed by atoms with Crippen molar-refractivity contribution in [2.75, 3.05) is 39.6 Å². The Morgan fingerprint density at radius 1 is 0.514 bits per heavy atom. The predicted molar refractivity (Wildman–Crippen MR) is 147 cm³/mol. The smallest absolute Gasteiger partial charge is 0.0713 e. The molecule has 0 radical (unpaired) electrons. The second kappa shape index (κ2) is 11.8. The average molecular weight is 495 g/mol. The molecule has 37 heavy (non-hydrogen) atoms. The molecule has 4 aromatic carbocycles. The number of aliphatic hydroxyl groups is 2. The lowest BCUT2D eigenvalue weighted by Crippen LogP contribution is -2.29. The number of ether oxygens (including phenoxy) is 2. The lowest BCUT2D eigenvalue weighted by atomic mass is 9.67. The first-order valence-electron chi connectivity index (χ1n) is 13.0. The van der Waals surface area contributed by atoms with Gasteiger partial charge in [0.25, 0.3) is 0 Å². The molecule has 0 bridgehead atoms. The Balaban J connectivity index is 1.65. The van der Waals surface area contributed by atoms with E-state index in [-0.39, 0.29) is 13.2 Å². The molecule has 0 saturated heterocycles. The summed E-state index contributed by atoms with van der Waals surface area (Å²) < 4.78 is 11.1. The van der Waals surface area contributed by atoms with Crippen molar-refractivity contribution in [3.05, 3.63) is 130 Å². The van der Waals surface area contributed by atoms with Gasteiger partial charge in [0.05, 0.1) is 45.1 Å². The molecule has 0 heterocycles. The maximum Gasteiger partial charge on any atom is 0.0713 e. The minimum atomic E-state index is -0.447. The highest BCUT2D eigenvalue weighted by Gasteiger charge is 2.45. The van der Waals surface area contributed by atoms with Gasteiger partial charge in [-0.05, 0) is 57.3 Å². The van der Waals surface area contributed by atoms with Gasteiger partial charge in [-0.25, -0.2) is 0 Å². The number of rotatable bonds is 12. The standard InChI is InChI=1S/C33H34O4/c34-17-21-36-19-15-25-7-5-9-27(23-25)33(28-10-6-8-26(24-28)16-20-37-22-18-35)31-13-3-1-11-29(31)30-12-2-4-14-32(30)33/h1-14,23-24,34-35H,15-22H2. The highest BCUT2D eigenvalue weighted by atomic mass is 16.5. The van der Waals surface area contributed by atoms with Crippen LogP contribution in [0.25, 0.3) is 11.1 Å². The molecule has 4 nitrogen and oxygen atoms in total. The molecule has 0 amide bonds. The van der Waals surface area contributed by atoms with Crippen LogP contribution in [0.3, 0.4) is 0 Å². The van der Waals surface area contributed by atoms with Crippen LogP contribution >= 0.6 is 0 Å². The van der Waals surface area contributed by atoms with Crippen molar-refractivity contribution < 1.29 is 19.7 Å². The summed E-state index contributed by atoms with van der Waals surface area (Å²) in [4.78, 5) is 0. The highest BCUT2D eigenvalue weighted by molar-refractivity contribution is 5.86. The lowest BCUT2D eigenvalue weighted by molar-refractivity contribution is 0.0944. The van der Waals surface area contributed by atoms with Crippen molar-refractivity contribution in [3.8, 4) is 11.1 Å². The van der Waals surface area contributed by atoms with E-state index in [2.05, 4.69) is 97.1 Å². The van der Waals surface area contributed by atoms with E-state index in [0.717, 1.165) is 12.8 Å². The average Bonchev–Trinajstić information content (AvgIpc) is 3.25. The second-order valence-corrected chi connectivity index (χ2v) is 9.41. The third kappa shape index (κ3) is 4.98. The minimum absolute atomic E-state index is 0.0398. The monoisotopic (exact) mass is 494 g/mol.